The fourth-order valence-corrected chi connectivity index (χ4v) is 1.84. The highest BCUT2D eigenvalue weighted by Crippen LogP contribution is 2.17. The molecule has 0 saturated heterocycles. The molecule has 0 atom stereocenters. The highest BCUT2D eigenvalue weighted by molar-refractivity contribution is 9.10. The molecule has 1 heterocycles. The van der Waals surface area contributed by atoms with Crippen molar-refractivity contribution in [3.05, 3.63) is 52.4 Å². The Hall–Kier alpha value is -1.75. The average molecular weight is 325 g/mol. The molecule has 0 N–H and O–H groups in total. The SMILES string of the molecule is Cc1ccc(C(=O)OCCOc2cccc(Br)c2)o1. The molecule has 0 amide bonds. The number of ether oxygens (including phenoxy) is 2. The maximum Gasteiger partial charge on any atom is 0.374 e. The smallest absolute Gasteiger partial charge is 0.374 e. The van der Waals surface area contributed by atoms with Crippen LogP contribution in [0.4, 0.5) is 0 Å². The first kappa shape index (κ1) is 13.7. The van der Waals surface area contributed by atoms with E-state index in [9.17, 15) is 4.79 Å². The van der Waals surface area contributed by atoms with Gasteiger partial charge in [0.2, 0.25) is 5.76 Å². The van der Waals surface area contributed by atoms with Gasteiger partial charge in [-0.25, -0.2) is 4.79 Å². The van der Waals surface area contributed by atoms with E-state index in [1.54, 1.807) is 19.1 Å². The second kappa shape index (κ2) is 6.43. The molecule has 100 valence electrons. The van der Waals surface area contributed by atoms with E-state index in [0.717, 1.165) is 10.2 Å². The van der Waals surface area contributed by atoms with Crippen LogP contribution >= 0.6 is 15.9 Å². The number of benzene rings is 1. The largest absolute Gasteiger partial charge is 0.490 e. The van der Waals surface area contributed by atoms with E-state index in [1.165, 1.54) is 0 Å². The van der Waals surface area contributed by atoms with Gasteiger partial charge >= 0.3 is 5.97 Å². The third kappa shape index (κ3) is 4.13. The molecule has 0 aliphatic heterocycles. The Bertz CT molecular complexity index is 562. The maximum absolute atomic E-state index is 11.5. The minimum absolute atomic E-state index is 0.172. The quantitative estimate of drug-likeness (QED) is 0.623. The minimum Gasteiger partial charge on any atom is -0.490 e. The molecule has 1 aromatic carbocycles. The summed E-state index contributed by atoms with van der Waals surface area (Å²) in [6.45, 7) is 2.24. The zero-order valence-electron chi connectivity index (χ0n) is 10.4. The molecule has 0 spiro atoms. The molecule has 0 aliphatic rings. The summed E-state index contributed by atoms with van der Waals surface area (Å²) in [7, 11) is 0. The highest BCUT2D eigenvalue weighted by atomic mass is 79.9. The van der Waals surface area contributed by atoms with E-state index in [1.807, 2.05) is 24.3 Å². The minimum atomic E-state index is -0.481. The topological polar surface area (TPSA) is 48.7 Å². The number of esters is 1. The summed E-state index contributed by atoms with van der Waals surface area (Å²) in [5.74, 6) is 1.13. The monoisotopic (exact) mass is 324 g/mol. The molecular weight excluding hydrogens is 312 g/mol. The van der Waals surface area contributed by atoms with Gasteiger partial charge in [0.1, 0.15) is 24.7 Å². The first-order chi connectivity index (χ1) is 9.15. The number of aryl methyl sites for hydroxylation is 1. The van der Waals surface area contributed by atoms with Gasteiger partial charge in [0.25, 0.3) is 0 Å². The van der Waals surface area contributed by atoms with Gasteiger partial charge in [-0.05, 0) is 37.3 Å². The van der Waals surface area contributed by atoms with Crippen molar-refractivity contribution in [2.75, 3.05) is 13.2 Å². The van der Waals surface area contributed by atoms with E-state index in [0.29, 0.717) is 12.4 Å². The zero-order valence-corrected chi connectivity index (χ0v) is 12.0. The lowest BCUT2D eigenvalue weighted by molar-refractivity contribution is 0.0413. The van der Waals surface area contributed by atoms with Gasteiger partial charge in [0.15, 0.2) is 0 Å². The second-order valence-electron chi connectivity index (χ2n) is 3.85. The lowest BCUT2D eigenvalue weighted by Crippen LogP contribution is -2.11. The molecule has 2 rings (SSSR count). The molecule has 4 nitrogen and oxygen atoms in total. The highest BCUT2D eigenvalue weighted by Gasteiger charge is 2.10. The lowest BCUT2D eigenvalue weighted by Gasteiger charge is -2.06. The maximum atomic E-state index is 11.5. The van der Waals surface area contributed by atoms with Crippen molar-refractivity contribution in [3.8, 4) is 5.75 Å². The third-order valence-corrected chi connectivity index (χ3v) is 2.82. The number of carbonyl (C=O) groups excluding carboxylic acids is 1. The van der Waals surface area contributed by atoms with Gasteiger partial charge < -0.3 is 13.9 Å². The Morgan fingerprint density at radius 2 is 2.11 bits per heavy atom. The van der Waals surface area contributed by atoms with Crippen LogP contribution in [0.2, 0.25) is 0 Å². The van der Waals surface area contributed by atoms with Crippen molar-refractivity contribution >= 4 is 21.9 Å². The molecule has 0 bridgehead atoms. The van der Waals surface area contributed by atoms with Gasteiger partial charge in [-0.3, -0.25) is 0 Å². The van der Waals surface area contributed by atoms with Gasteiger partial charge in [-0.1, -0.05) is 22.0 Å². The number of hydrogen-bond donors (Lipinski definition) is 0. The van der Waals surface area contributed by atoms with Gasteiger partial charge in [-0.2, -0.15) is 0 Å². The molecule has 0 unspecified atom stereocenters. The summed E-state index contributed by atoms with van der Waals surface area (Å²) >= 11 is 3.35. The van der Waals surface area contributed by atoms with Crippen molar-refractivity contribution in [1.29, 1.82) is 0 Å². The Morgan fingerprint density at radius 3 is 2.79 bits per heavy atom. The molecule has 5 heteroatoms. The van der Waals surface area contributed by atoms with Gasteiger partial charge in [-0.15, -0.1) is 0 Å². The molecule has 1 aromatic heterocycles. The van der Waals surface area contributed by atoms with Crippen LogP contribution in [0, 0.1) is 6.92 Å². The molecule has 0 fully saturated rings. The lowest BCUT2D eigenvalue weighted by atomic mass is 10.3. The summed E-state index contributed by atoms with van der Waals surface area (Å²) in [5, 5.41) is 0. The van der Waals surface area contributed by atoms with E-state index in [2.05, 4.69) is 15.9 Å². The van der Waals surface area contributed by atoms with Crippen LogP contribution in [0.15, 0.2) is 45.3 Å². The number of furan rings is 1. The Labute approximate surface area is 119 Å². The van der Waals surface area contributed by atoms with Crippen LogP contribution in [0.5, 0.6) is 5.75 Å². The summed E-state index contributed by atoms with van der Waals surface area (Å²) in [4.78, 5) is 11.5. The van der Waals surface area contributed by atoms with Crippen molar-refractivity contribution < 1.29 is 18.7 Å². The van der Waals surface area contributed by atoms with Crippen molar-refractivity contribution in [1.82, 2.24) is 0 Å². The molecule has 0 radical (unpaired) electrons. The Kier molecular flexibility index (Phi) is 4.63. The van der Waals surface area contributed by atoms with E-state index >= 15 is 0 Å². The summed E-state index contributed by atoms with van der Waals surface area (Å²) < 4.78 is 16.6. The van der Waals surface area contributed by atoms with Crippen molar-refractivity contribution in [2.24, 2.45) is 0 Å². The van der Waals surface area contributed by atoms with Crippen LogP contribution in [-0.4, -0.2) is 19.2 Å². The number of rotatable bonds is 5. The molecule has 2 aromatic rings. The number of halogens is 1. The number of carbonyl (C=O) groups is 1. The average Bonchev–Trinajstić information content (AvgIpc) is 2.81. The predicted octanol–water partition coefficient (Wildman–Crippen LogP) is 3.59. The van der Waals surface area contributed by atoms with E-state index in [4.69, 9.17) is 13.9 Å². The second-order valence-corrected chi connectivity index (χ2v) is 4.77. The zero-order chi connectivity index (χ0) is 13.7. The number of hydrogen-bond acceptors (Lipinski definition) is 4. The van der Waals surface area contributed by atoms with E-state index in [-0.39, 0.29) is 12.4 Å². The third-order valence-electron chi connectivity index (χ3n) is 2.32. The van der Waals surface area contributed by atoms with Crippen LogP contribution in [-0.2, 0) is 4.74 Å². The van der Waals surface area contributed by atoms with Crippen LogP contribution in [0.1, 0.15) is 16.3 Å². The van der Waals surface area contributed by atoms with Crippen LogP contribution < -0.4 is 4.74 Å². The Morgan fingerprint density at radius 1 is 1.26 bits per heavy atom. The normalized spacial score (nSPS) is 10.2. The molecule has 19 heavy (non-hydrogen) atoms. The first-order valence-corrected chi connectivity index (χ1v) is 6.56. The van der Waals surface area contributed by atoms with Gasteiger partial charge in [0.05, 0.1) is 0 Å². The fourth-order valence-electron chi connectivity index (χ4n) is 1.47. The Balaban J connectivity index is 1.74. The molecule has 0 saturated carbocycles. The van der Waals surface area contributed by atoms with Gasteiger partial charge in [0, 0.05) is 4.47 Å². The van der Waals surface area contributed by atoms with Crippen LogP contribution in [0.25, 0.3) is 0 Å². The summed E-state index contributed by atoms with van der Waals surface area (Å²) in [5.41, 5.74) is 0. The van der Waals surface area contributed by atoms with Crippen molar-refractivity contribution in [3.63, 3.8) is 0 Å². The fraction of sp³-hybridized carbons (Fsp3) is 0.214. The standard InChI is InChI=1S/C14H13BrO4/c1-10-5-6-13(19-10)14(16)18-8-7-17-12-4-2-3-11(15)9-12/h2-6,9H,7-8H2,1H3. The first-order valence-electron chi connectivity index (χ1n) is 5.77. The molecule has 0 aliphatic carbocycles. The summed E-state index contributed by atoms with van der Waals surface area (Å²) in [6, 6.07) is 10.8. The predicted molar refractivity (Wildman–Crippen MR) is 73.4 cm³/mol. The van der Waals surface area contributed by atoms with E-state index < -0.39 is 5.97 Å². The molecular formula is C14H13BrO4. The van der Waals surface area contributed by atoms with Crippen LogP contribution in [0.3, 0.4) is 0 Å². The summed E-state index contributed by atoms with van der Waals surface area (Å²) in [6.07, 6.45) is 0. The van der Waals surface area contributed by atoms with Crippen molar-refractivity contribution in [2.45, 2.75) is 6.92 Å².